The summed E-state index contributed by atoms with van der Waals surface area (Å²) in [6, 6.07) is 8.18. The molecule has 3 rings (SSSR count). The van der Waals surface area contributed by atoms with Crippen LogP contribution in [0.15, 0.2) is 46.1 Å². The molecule has 0 atom stereocenters. The fourth-order valence-electron chi connectivity index (χ4n) is 2.44. The summed E-state index contributed by atoms with van der Waals surface area (Å²) in [6.45, 7) is 1.45. The van der Waals surface area contributed by atoms with Crippen molar-refractivity contribution in [3.8, 4) is 0 Å². The Labute approximate surface area is 153 Å². The lowest BCUT2D eigenvalue weighted by Crippen LogP contribution is -2.33. The Balaban J connectivity index is 1.79. The lowest BCUT2D eigenvalue weighted by Gasteiger charge is -2.10. The molecule has 0 saturated heterocycles. The van der Waals surface area contributed by atoms with Crippen LogP contribution in [0, 0.1) is 12.7 Å². The number of rotatable bonds is 5. The topological polar surface area (TPSA) is 93.9 Å². The van der Waals surface area contributed by atoms with Crippen LogP contribution < -0.4 is 10.3 Å². The molecule has 0 bridgehead atoms. The number of fused-ring (bicyclic) bond motifs is 1. The summed E-state index contributed by atoms with van der Waals surface area (Å²) in [5, 5.41) is 7.99. The first-order chi connectivity index (χ1) is 12.3. The Morgan fingerprint density at radius 3 is 2.81 bits per heavy atom. The molecule has 10 heteroatoms. The summed E-state index contributed by atoms with van der Waals surface area (Å²) < 4.78 is 41.5. The number of hydrogen-bond acceptors (Lipinski definition) is 5. The molecule has 1 aromatic heterocycles. The Hall–Kier alpha value is -2.36. The second-order valence-corrected chi connectivity index (χ2v) is 7.68. The maximum absolute atomic E-state index is 13.3. The molecule has 26 heavy (non-hydrogen) atoms. The maximum atomic E-state index is 13.3. The van der Waals surface area contributed by atoms with Gasteiger partial charge in [-0.2, -0.15) is 0 Å². The molecule has 0 aliphatic heterocycles. The summed E-state index contributed by atoms with van der Waals surface area (Å²) in [7, 11) is -3.80. The van der Waals surface area contributed by atoms with E-state index in [1.54, 1.807) is 13.0 Å². The normalized spacial score (nSPS) is 11.8. The highest BCUT2D eigenvalue weighted by Gasteiger charge is 2.18. The molecule has 0 fully saturated rings. The lowest BCUT2D eigenvalue weighted by atomic mass is 10.2. The van der Waals surface area contributed by atoms with Gasteiger partial charge in [-0.15, -0.1) is 5.10 Å². The Bertz CT molecular complexity index is 1150. The van der Waals surface area contributed by atoms with Crippen LogP contribution in [0.1, 0.15) is 5.56 Å². The minimum absolute atomic E-state index is 0.0584. The van der Waals surface area contributed by atoms with Crippen LogP contribution in [0.3, 0.4) is 0 Å². The van der Waals surface area contributed by atoms with Crippen molar-refractivity contribution < 1.29 is 12.8 Å². The predicted octanol–water partition coefficient (Wildman–Crippen LogP) is 1.87. The number of halogens is 2. The first-order valence-corrected chi connectivity index (χ1v) is 9.43. The second-order valence-electron chi connectivity index (χ2n) is 5.54. The summed E-state index contributed by atoms with van der Waals surface area (Å²) >= 11 is 5.95. The van der Waals surface area contributed by atoms with Gasteiger partial charge < -0.3 is 0 Å². The molecule has 0 unspecified atom stereocenters. The first-order valence-electron chi connectivity index (χ1n) is 7.57. The van der Waals surface area contributed by atoms with Crippen molar-refractivity contribution in [2.45, 2.75) is 18.4 Å². The molecule has 136 valence electrons. The first kappa shape index (κ1) is 18.4. The zero-order chi connectivity index (χ0) is 18.9. The smallest absolute Gasteiger partial charge is 0.267 e. The van der Waals surface area contributed by atoms with Gasteiger partial charge in [-0.3, -0.25) is 4.79 Å². The third-order valence-corrected chi connectivity index (χ3v) is 5.82. The van der Waals surface area contributed by atoms with Gasteiger partial charge in [0.05, 0.1) is 16.8 Å². The molecule has 1 heterocycles. The number of aromatic nitrogens is 3. The number of sulfonamides is 1. The largest absolute Gasteiger partial charge is 0.277 e. The summed E-state index contributed by atoms with van der Waals surface area (Å²) in [4.78, 5) is 12.4. The van der Waals surface area contributed by atoms with Gasteiger partial charge in [0, 0.05) is 11.6 Å². The Morgan fingerprint density at radius 2 is 2.04 bits per heavy atom. The van der Waals surface area contributed by atoms with Crippen molar-refractivity contribution >= 4 is 32.5 Å². The Morgan fingerprint density at radius 1 is 1.27 bits per heavy atom. The van der Waals surface area contributed by atoms with Crippen molar-refractivity contribution in [2.75, 3.05) is 6.54 Å². The molecule has 0 aliphatic carbocycles. The number of nitrogens with one attached hydrogen (secondary N) is 1. The van der Waals surface area contributed by atoms with E-state index in [9.17, 15) is 17.6 Å². The summed E-state index contributed by atoms with van der Waals surface area (Å²) in [5.41, 5.74) is 0.148. The van der Waals surface area contributed by atoms with Crippen LogP contribution in [-0.2, 0) is 16.6 Å². The highest BCUT2D eigenvalue weighted by molar-refractivity contribution is 7.89. The summed E-state index contributed by atoms with van der Waals surface area (Å²) in [5.74, 6) is -0.564. The summed E-state index contributed by atoms with van der Waals surface area (Å²) in [6.07, 6.45) is 0. The minimum atomic E-state index is -3.80. The van der Waals surface area contributed by atoms with E-state index in [-0.39, 0.29) is 28.9 Å². The van der Waals surface area contributed by atoms with Crippen molar-refractivity contribution in [3.63, 3.8) is 0 Å². The molecule has 0 amide bonds. The molecule has 0 saturated carbocycles. The van der Waals surface area contributed by atoms with E-state index in [0.717, 1.165) is 10.7 Å². The van der Waals surface area contributed by atoms with E-state index in [0.29, 0.717) is 10.6 Å². The molecule has 2 aromatic carbocycles. The van der Waals surface area contributed by atoms with Gasteiger partial charge in [0.15, 0.2) is 0 Å². The number of hydrogen-bond donors (Lipinski definition) is 1. The average Bonchev–Trinajstić information content (AvgIpc) is 2.59. The molecular formula is C16H14ClFN4O3S. The van der Waals surface area contributed by atoms with E-state index >= 15 is 0 Å². The molecule has 0 spiro atoms. The van der Waals surface area contributed by atoms with E-state index in [1.807, 2.05) is 0 Å². The van der Waals surface area contributed by atoms with Crippen LogP contribution in [-0.4, -0.2) is 30.0 Å². The fraction of sp³-hybridized carbons (Fsp3) is 0.188. The molecule has 0 radical (unpaired) electrons. The molecule has 1 N–H and O–H groups in total. The Kier molecular flexibility index (Phi) is 5.03. The second kappa shape index (κ2) is 7.10. The van der Waals surface area contributed by atoms with Crippen molar-refractivity contribution in [2.24, 2.45) is 0 Å². The quantitative estimate of drug-likeness (QED) is 0.710. The molecule has 0 aliphatic rings. The van der Waals surface area contributed by atoms with E-state index < -0.39 is 21.4 Å². The van der Waals surface area contributed by atoms with Crippen LogP contribution in [0.25, 0.3) is 10.9 Å². The van der Waals surface area contributed by atoms with Crippen LogP contribution in [0.4, 0.5) is 4.39 Å². The van der Waals surface area contributed by atoms with Crippen LogP contribution in [0.5, 0.6) is 0 Å². The van der Waals surface area contributed by atoms with Crippen molar-refractivity contribution in [1.29, 1.82) is 0 Å². The average molecular weight is 397 g/mol. The van der Waals surface area contributed by atoms with E-state index in [1.165, 1.54) is 24.3 Å². The highest BCUT2D eigenvalue weighted by atomic mass is 35.5. The van der Waals surface area contributed by atoms with Gasteiger partial charge >= 0.3 is 0 Å². The van der Waals surface area contributed by atoms with Crippen molar-refractivity contribution in [3.05, 3.63) is 63.2 Å². The van der Waals surface area contributed by atoms with Crippen LogP contribution in [0.2, 0.25) is 5.02 Å². The molecular weight excluding hydrogens is 383 g/mol. The van der Waals surface area contributed by atoms with Gasteiger partial charge in [-0.25, -0.2) is 22.2 Å². The van der Waals surface area contributed by atoms with Crippen molar-refractivity contribution in [1.82, 2.24) is 19.7 Å². The minimum Gasteiger partial charge on any atom is -0.267 e. The van der Waals surface area contributed by atoms with E-state index in [4.69, 9.17) is 11.6 Å². The lowest BCUT2D eigenvalue weighted by molar-refractivity contribution is 0.531. The fourth-order valence-corrected chi connectivity index (χ4v) is 3.95. The van der Waals surface area contributed by atoms with Gasteiger partial charge in [-0.05, 0) is 42.8 Å². The third-order valence-electron chi connectivity index (χ3n) is 3.81. The maximum Gasteiger partial charge on any atom is 0.277 e. The molecule has 7 nitrogen and oxygen atoms in total. The monoisotopic (exact) mass is 396 g/mol. The highest BCUT2D eigenvalue weighted by Crippen LogP contribution is 2.22. The SMILES string of the molecule is Cc1c(Cl)cccc1S(=O)(=O)NCCn1nnc2ccc(F)cc2c1=O. The zero-order valence-corrected chi connectivity index (χ0v) is 15.2. The van der Waals surface area contributed by atoms with Gasteiger partial charge in [0.25, 0.3) is 5.56 Å². The zero-order valence-electron chi connectivity index (χ0n) is 13.6. The predicted molar refractivity (Wildman–Crippen MR) is 95.1 cm³/mol. The molecule has 3 aromatic rings. The van der Waals surface area contributed by atoms with Gasteiger partial charge in [0.1, 0.15) is 11.3 Å². The number of nitrogens with zero attached hydrogens (tertiary/aromatic N) is 3. The van der Waals surface area contributed by atoms with Gasteiger partial charge in [0.2, 0.25) is 10.0 Å². The van der Waals surface area contributed by atoms with E-state index in [2.05, 4.69) is 15.0 Å². The van der Waals surface area contributed by atoms with Crippen LogP contribution >= 0.6 is 11.6 Å². The van der Waals surface area contributed by atoms with Gasteiger partial charge in [-0.1, -0.05) is 22.9 Å². The number of benzene rings is 2. The standard InChI is InChI=1S/C16H14ClFN4O3S/c1-10-13(17)3-2-4-15(10)26(24,25)19-7-8-22-16(23)12-9-11(18)5-6-14(12)20-21-22/h2-6,9,19H,7-8H2,1H3. The third kappa shape index (κ3) is 3.59.